The monoisotopic (exact) mass is 324 g/mol. The highest BCUT2D eigenvalue weighted by Gasteiger charge is 2.08. The second-order valence-corrected chi connectivity index (χ2v) is 6.35. The summed E-state index contributed by atoms with van der Waals surface area (Å²) in [6.07, 6.45) is 6.65. The van der Waals surface area contributed by atoms with Crippen molar-refractivity contribution >= 4 is 28.1 Å². The van der Waals surface area contributed by atoms with E-state index in [1.807, 2.05) is 0 Å². The molecule has 0 aromatic heterocycles. The summed E-state index contributed by atoms with van der Waals surface area (Å²) in [4.78, 5) is 0. The number of hydrogen-bond acceptors (Lipinski definition) is 0. The molecule has 2 aliphatic carbocycles. The molecule has 2 aliphatic rings. The molecule has 2 aromatic rings. The predicted octanol–water partition coefficient (Wildman–Crippen LogP) is 5.62. The predicted molar refractivity (Wildman–Crippen MR) is 90.8 cm³/mol. The molecule has 0 saturated carbocycles. The summed E-state index contributed by atoms with van der Waals surface area (Å²) in [6, 6.07) is 17.0. The standard InChI is InChI=1S/C10H10.C9H7Br/c1-8-6-9-4-2-3-5-10(9)7-8;10-9-5-7-3-1-2-4-8(7)6-9/h2-6H,7H2,1H3;1-5H,6H2. The normalized spacial score (nSPS) is 14.7. The number of fused-ring (bicyclic) bond motifs is 2. The van der Waals surface area contributed by atoms with Crippen molar-refractivity contribution in [2.45, 2.75) is 19.8 Å². The lowest BCUT2D eigenvalue weighted by Gasteiger charge is -1.93. The molecule has 100 valence electrons. The van der Waals surface area contributed by atoms with Gasteiger partial charge >= 0.3 is 0 Å². The summed E-state index contributed by atoms with van der Waals surface area (Å²) in [6.45, 7) is 2.18. The van der Waals surface area contributed by atoms with E-state index in [1.54, 1.807) is 0 Å². The molecule has 0 spiro atoms. The summed E-state index contributed by atoms with van der Waals surface area (Å²) in [7, 11) is 0. The molecule has 0 unspecified atom stereocenters. The van der Waals surface area contributed by atoms with E-state index in [2.05, 4.69) is 83.5 Å². The average Bonchev–Trinajstić information content (AvgIpc) is 2.99. The first-order valence-corrected chi connectivity index (χ1v) is 7.71. The molecule has 0 N–H and O–H groups in total. The number of hydrogen-bond donors (Lipinski definition) is 0. The van der Waals surface area contributed by atoms with Crippen LogP contribution in [0.4, 0.5) is 0 Å². The molecular formula is C19H17Br. The Morgan fingerprint density at radius 2 is 1.30 bits per heavy atom. The Bertz CT molecular complexity index is 631. The van der Waals surface area contributed by atoms with Crippen LogP contribution in [0.5, 0.6) is 0 Å². The van der Waals surface area contributed by atoms with E-state index >= 15 is 0 Å². The lowest BCUT2D eigenvalue weighted by Crippen LogP contribution is -1.79. The molecule has 0 heterocycles. The topological polar surface area (TPSA) is 0 Å². The van der Waals surface area contributed by atoms with Gasteiger partial charge in [-0.2, -0.15) is 0 Å². The number of allylic oxidation sites excluding steroid dienone is 2. The van der Waals surface area contributed by atoms with Crippen LogP contribution in [0.25, 0.3) is 12.2 Å². The smallest absolute Gasteiger partial charge is 0.00468 e. The molecule has 0 aliphatic heterocycles. The van der Waals surface area contributed by atoms with E-state index in [-0.39, 0.29) is 0 Å². The van der Waals surface area contributed by atoms with Gasteiger partial charge < -0.3 is 0 Å². The third-order valence-corrected chi connectivity index (χ3v) is 4.16. The van der Waals surface area contributed by atoms with Crippen molar-refractivity contribution < 1.29 is 0 Å². The third-order valence-electron chi connectivity index (χ3n) is 3.65. The lowest BCUT2D eigenvalue weighted by atomic mass is 10.1. The highest BCUT2D eigenvalue weighted by atomic mass is 79.9. The van der Waals surface area contributed by atoms with Gasteiger partial charge in [0.05, 0.1) is 0 Å². The van der Waals surface area contributed by atoms with Crippen molar-refractivity contribution in [3.8, 4) is 0 Å². The number of halogens is 1. The van der Waals surface area contributed by atoms with Crippen LogP contribution in [0.3, 0.4) is 0 Å². The van der Waals surface area contributed by atoms with Crippen molar-refractivity contribution in [3.05, 3.63) is 80.8 Å². The molecular weight excluding hydrogens is 308 g/mol. The van der Waals surface area contributed by atoms with E-state index in [0.29, 0.717) is 0 Å². The molecule has 0 atom stereocenters. The second kappa shape index (κ2) is 5.80. The maximum atomic E-state index is 3.48. The molecule has 0 saturated heterocycles. The lowest BCUT2D eigenvalue weighted by molar-refractivity contribution is 1.20. The summed E-state index contributed by atoms with van der Waals surface area (Å²) in [5.41, 5.74) is 7.13. The van der Waals surface area contributed by atoms with Gasteiger partial charge in [-0.05, 0) is 41.7 Å². The van der Waals surface area contributed by atoms with E-state index in [1.165, 1.54) is 32.3 Å². The van der Waals surface area contributed by atoms with Gasteiger partial charge in [0.2, 0.25) is 0 Å². The first-order valence-electron chi connectivity index (χ1n) is 6.91. The van der Waals surface area contributed by atoms with Gasteiger partial charge in [-0.3, -0.25) is 0 Å². The zero-order valence-electron chi connectivity index (χ0n) is 11.6. The van der Waals surface area contributed by atoms with Gasteiger partial charge in [0.15, 0.2) is 0 Å². The van der Waals surface area contributed by atoms with Crippen LogP contribution in [-0.2, 0) is 12.8 Å². The first-order chi connectivity index (χ1) is 9.72. The van der Waals surface area contributed by atoms with Gasteiger partial charge in [0, 0.05) is 10.9 Å². The Morgan fingerprint density at radius 3 is 1.90 bits per heavy atom. The van der Waals surface area contributed by atoms with Gasteiger partial charge in [-0.15, -0.1) is 0 Å². The highest BCUT2D eigenvalue weighted by molar-refractivity contribution is 9.11. The van der Waals surface area contributed by atoms with Crippen molar-refractivity contribution in [2.24, 2.45) is 0 Å². The summed E-state index contributed by atoms with van der Waals surface area (Å²) >= 11 is 3.48. The minimum Gasteiger partial charge on any atom is -0.0683 e. The van der Waals surface area contributed by atoms with E-state index in [0.717, 1.165) is 12.8 Å². The summed E-state index contributed by atoms with van der Waals surface area (Å²) in [5.74, 6) is 0. The quantitative estimate of drug-likeness (QED) is 0.589. The molecule has 20 heavy (non-hydrogen) atoms. The van der Waals surface area contributed by atoms with Crippen LogP contribution in [0.1, 0.15) is 29.2 Å². The van der Waals surface area contributed by atoms with Crippen molar-refractivity contribution in [1.29, 1.82) is 0 Å². The fraction of sp³-hybridized carbons (Fsp3) is 0.158. The fourth-order valence-corrected chi connectivity index (χ4v) is 3.24. The molecule has 0 amide bonds. The van der Waals surface area contributed by atoms with Crippen LogP contribution < -0.4 is 0 Å². The van der Waals surface area contributed by atoms with Crippen LogP contribution >= 0.6 is 15.9 Å². The Morgan fingerprint density at radius 1 is 0.750 bits per heavy atom. The summed E-state index contributed by atoms with van der Waals surface area (Å²) < 4.78 is 1.29. The van der Waals surface area contributed by atoms with Crippen molar-refractivity contribution in [2.75, 3.05) is 0 Å². The van der Waals surface area contributed by atoms with Gasteiger partial charge in [0.25, 0.3) is 0 Å². The zero-order chi connectivity index (χ0) is 13.9. The molecule has 1 heteroatoms. The first kappa shape index (κ1) is 13.4. The van der Waals surface area contributed by atoms with E-state index in [4.69, 9.17) is 0 Å². The van der Waals surface area contributed by atoms with Crippen molar-refractivity contribution in [1.82, 2.24) is 0 Å². The molecule has 0 fully saturated rings. The molecule has 0 nitrogen and oxygen atoms in total. The molecule has 0 bridgehead atoms. The zero-order valence-corrected chi connectivity index (χ0v) is 13.2. The maximum Gasteiger partial charge on any atom is 0.00468 e. The average molecular weight is 325 g/mol. The largest absolute Gasteiger partial charge is 0.0683 e. The number of benzene rings is 2. The second-order valence-electron chi connectivity index (χ2n) is 5.33. The Labute approximate surface area is 129 Å². The van der Waals surface area contributed by atoms with Gasteiger partial charge in [-0.1, -0.05) is 76.1 Å². The molecule has 0 radical (unpaired) electrons. The van der Waals surface area contributed by atoms with Crippen molar-refractivity contribution in [3.63, 3.8) is 0 Å². The van der Waals surface area contributed by atoms with Crippen LogP contribution in [0, 0.1) is 0 Å². The maximum absolute atomic E-state index is 3.48. The van der Waals surface area contributed by atoms with E-state index < -0.39 is 0 Å². The highest BCUT2D eigenvalue weighted by Crippen LogP contribution is 2.27. The van der Waals surface area contributed by atoms with Crippen LogP contribution in [-0.4, -0.2) is 0 Å². The van der Waals surface area contributed by atoms with Gasteiger partial charge in [-0.25, -0.2) is 0 Å². The SMILES string of the molecule is BrC1=Cc2ccccc2C1.CC1=Cc2ccccc2C1. The van der Waals surface area contributed by atoms with Crippen LogP contribution in [0.15, 0.2) is 58.6 Å². The minimum absolute atomic E-state index is 1.07. The van der Waals surface area contributed by atoms with Crippen LogP contribution in [0.2, 0.25) is 0 Å². The molecule has 4 rings (SSSR count). The summed E-state index contributed by atoms with van der Waals surface area (Å²) in [5, 5.41) is 0. The fourth-order valence-electron chi connectivity index (χ4n) is 2.69. The van der Waals surface area contributed by atoms with Gasteiger partial charge in [0.1, 0.15) is 0 Å². The Kier molecular flexibility index (Phi) is 3.88. The molecule has 2 aromatic carbocycles. The Hall–Kier alpha value is -1.60. The minimum atomic E-state index is 1.07. The number of rotatable bonds is 0. The third kappa shape index (κ3) is 2.94. The van der Waals surface area contributed by atoms with E-state index in [9.17, 15) is 0 Å². The Balaban J connectivity index is 0.000000121.